The first-order valence-corrected chi connectivity index (χ1v) is 7.66. The van der Waals surface area contributed by atoms with Crippen molar-refractivity contribution in [1.82, 2.24) is 14.9 Å². The summed E-state index contributed by atoms with van der Waals surface area (Å²) in [5.41, 5.74) is 3.77. The monoisotopic (exact) mass is 285 g/mol. The Morgan fingerprint density at radius 1 is 1.33 bits per heavy atom. The summed E-state index contributed by atoms with van der Waals surface area (Å²) in [6.07, 6.45) is 2.05. The van der Waals surface area contributed by atoms with Gasteiger partial charge in [0, 0.05) is 50.5 Å². The van der Waals surface area contributed by atoms with Gasteiger partial charge in [-0.25, -0.2) is 4.98 Å². The summed E-state index contributed by atoms with van der Waals surface area (Å²) in [4.78, 5) is 4.91. The van der Waals surface area contributed by atoms with Crippen LogP contribution in [0.4, 0.5) is 0 Å². The highest BCUT2D eigenvalue weighted by molar-refractivity contribution is 5.57. The molecule has 4 nitrogen and oxygen atoms in total. The van der Waals surface area contributed by atoms with Crippen LogP contribution < -0.4 is 5.32 Å². The third-order valence-electron chi connectivity index (χ3n) is 4.14. The second kappa shape index (κ2) is 6.41. The molecule has 3 rings (SSSR count). The lowest BCUT2D eigenvalue weighted by Crippen LogP contribution is -2.25. The molecule has 1 atom stereocenters. The number of hydrogen-bond acceptors (Lipinski definition) is 3. The lowest BCUT2D eigenvalue weighted by molar-refractivity contribution is 0.180. The van der Waals surface area contributed by atoms with Gasteiger partial charge in [-0.2, -0.15) is 0 Å². The maximum Gasteiger partial charge on any atom is 0.140 e. The van der Waals surface area contributed by atoms with E-state index in [4.69, 9.17) is 9.72 Å². The summed E-state index contributed by atoms with van der Waals surface area (Å²) in [6, 6.07) is 10.9. The van der Waals surface area contributed by atoms with Gasteiger partial charge in [-0.3, -0.25) is 0 Å². The predicted molar refractivity (Wildman–Crippen MR) is 84.3 cm³/mol. The fourth-order valence-electron chi connectivity index (χ4n) is 3.02. The van der Waals surface area contributed by atoms with Gasteiger partial charge in [0.1, 0.15) is 5.82 Å². The van der Waals surface area contributed by atoms with Crippen LogP contribution in [-0.2, 0) is 17.7 Å². The zero-order valence-electron chi connectivity index (χ0n) is 12.8. The number of hydrogen-bond donors (Lipinski definition) is 1. The van der Waals surface area contributed by atoms with E-state index in [0.717, 1.165) is 38.4 Å². The highest BCUT2D eigenvalue weighted by Gasteiger charge is 2.23. The minimum atomic E-state index is 0.398. The lowest BCUT2D eigenvalue weighted by Gasteiger charge is -2.21. The second-order valence-corrected chi connectivity index (χ2v) is 5.62. The van der Waals surface area contributed by atoms with E-state index in [9.17, 15) is 0 Å². The third kappa shape index (κ3) is 2.87. The number of fused-ring (bicyclic) bond motifs is 1. The molecule has 0 radical (unpaired) electrons. The Hall–Kier alpha value is -1.65. The molecule has 1 aliphatic heterocycles. The summed E-state index contributed by atoms with van der Waals surface area (Å²) < 4.78 is 7.68. The van der Waals surface area contributed by atoms with E-state index in [2.05, 4.69) is 41.1 Å². The maximum absolute atomic E-state index is 5.25. The van der Waals surface area contributed by atoms with E-state index in [1.807, 2.05) is 6.07 Å². The van der Waals surface area contributed by atoms with Crippen LogP contribution in [0.3, 0.4) is 0 Å². The zero-order chi connectivity index (χ0) is 14.7. The molecule has 21 heavy (non-hydrogen) atoms. The van der Waals surface area contributed by atoms with Gasteiger partial charge < -0.3 is 14.6 Å². The summed E-state index contributed by atoms with van der Waals surface area (Å²) >= 11 is 0. The summed E-state index contributed by atoms with van der Waals surface area (Å²) in [7, 11) is 1.76. The molecule has 1 N–H and O–H groups in total. The molecule has 0 bridgehead atoms. The minimum absolute atomic E-state index is 0.398. The third-order valence-corrected chi connectivity index (χ3v) is 4.14. The minimum Gasteiger partial charge on any atom is -0.385 e. The highest BCUT2D eigenvalue weighted by Crippen LogP contribution is 2.29. The average molecular weight is 285 g/mol. The molecule has 2 heterocycles. The van der Waals surface area contributed by atoms with Crippen molar-refractivity contribution in [2.24, 2.45) is 0 Å². The van der Waals surface area contributed by atoms with E-state index >= 15 is 0 Å². The summed E-state index contributed by atoms with van der Waals surface area (Å²) in [5.74, 6) is 1.09. The number of nitrogens with zero attached hydrogens (tertiary/aromatic N) is 2. The van der Waals surface area contributed by atoms with Crippen LogP contribution in [-0.4, -0.2) is 29.8 Å². The SMILES string of the molecule is COCCC(C)n1c(-c2ccccc2)nc2c1CCNC2. The molecule has 0 saturated heterocycles. The van der Waals surface area contributed by atoms with Crippen LogP contribution in [0.15, 0.2) is 30.3 Å². The Kier molecular flexibility index (Phi) is 4.36. The van der Waals surface area contributed by atoms with Crippen LogP contribution in [0.5, 0.6) is 0 Å². The number of imidazole rings is 1. The Balaban J connectivity index is 2.04. The number of methoxy groups -OCH3 is 1. The molecule has 0 saturated carbocycles. The fraction of sp³-hybridized carbons (Fsp3) is 0.471. The van der Waals surface area contributed by atoms with E-state index in [0.29, 0.717) is 6.04 Å². The van der Waals surface area contributed by atoms with Crippen LogP contribution in [0.2, 0.25) is 0 Å². The maximum atomic E-state index is 5.25. The first-order valence-electron chi connectivity index (χ1n) is 7.66. The summed E-state index contributed by atoms with van der Waals surface area (Å²) in [5, 5.41) is 3.41. The van der Waals surface area contributed by atoms with Crippen molar-refractivity contribution in [3.8, 4) is 11.4 Å². The van der Waals surface area contributed by atoms with Crippen LogP contribution >= 0.6 is 0 Å². The van der Waals surface area contributed by atoms with E-state index < -0.39 is 0 Å². The van der Waals surface area contributed by atoms with E-state index in [-0.39, 0.29) is 0 Å². The number of nitrogens with one attached hydrogen (secondary N) is 1. The van der Waals surface area contributed by atoms with Gasteiger partial charge in [0.15, 0.2) is 0 Å². The Bertz CT molecular complexity index is 592. The van der Waals surface area contributed by atoms with Gasteiger partial charge in [-0.05, 0) is 13.3 Å². The van der Waals surface area contributed by atoms with E-state index in [1.54, 1.807) is 7.11 Å². The molecular weight excluding hydrogens is 262 g/mol. The summed E-state index contributed by atoms with van der Waals surface area (Å²) in [6.45, 7) is 4.94. The van der Waals surface area contributed by atoms with Gasteiger partial charge in [0.25, 0.3) is 0 Å². The smallest absolute Gasteiger partial charge is 0.140 e. The molecule has 4 heteroatoms. The quantitative estimate of drug-likeness (QED) is 0.918. The van der Waals surface area contributed by atoms with Crippen LogP contribution in [0.25, 0.3) is 11.4 Å². The number of ether oxygens (including phenoxy) is 1. The van der Waals surface area contributed by atoms with Crippen LogP contribution in [0, 0.1) is 0 Å². The van der Waals surface area contributed by atoms with Crippen molar-refractivity contribution in [3.05, 3.63) is 41.7 Å². The largest absolute Gasteiger partial charge is 0.385 e. The van der Waals surface area contributed by atoms with E-state index in [1.165, 1.54) is 17.0 Å². The molecular formula is C17H23N3O. The average Bonchev–Trinajstić information content (AvgIpc) is 2.93. The number of benzene rings is 1. The molecule has 1 aromatic carbocycles. The van der Waals surface area contributed by atoms with Crippen molar-refractivity contribution in [2.75, 3.05) is 20.3 Å². The molecule has 2 aromatic rings. The lowest BCUT2D eigenvalue weighted by atomic mass is 10.1. The molecule has 112 valence electrons. The molecule has 1 aromatic heterocycles. The molecule has 1 aliphatic rings. The van der Waals surface area contributed by atoms with Gasteiger partial charge >= 0.3 is 0 Å². The van der Waals surface area contributed by atoms with Gasteiger partial charge in [-0.1, -0.05) is 30.3 Å². The van der Waals surface area contributed by atoms with Gasteiger partial charge in [-0.15, -0.1) is 0 Å². The second-order valence-electron chi connectivity index (χ2n) is 5.62. The fourth-order valence-corrected chi connectivity index (χ4v) is 3.02. The zero-order valence-corrected chi connectivity index (χ0v) is 12.8. The Labute approximate surface area is 126 Å². The molecule has 0 fully saturated rings. The highest BCUT2D eigenvalue weighted by atomic mass is 16.5. The number of aromatic nitrogens is 2. The van der Waals surface area contributed by atoms with Crippen LogP contribution in [0.1, 0.15) is 30.8 Å². The first-order chi connectivity index (χ1) is 10.3. The van der Waals surface area contributed by atoms with Gasteiger partial charge in [0.2, 0.25) is 0 Å². The van der Waals surface area contributed by atoms with Gasteiger partial charge in [0.05, 0.1) is 5.69 Å². The molecule has 0 amide bonds. The molecule has 0 spiro atoms. The number of rotatable bonds is 5. The standard InChI is InChI=1S/C17H23N3O/c1-13(9-11-21-2)20-16-8-10-18-12-15(16)19-17(20)14-6-4-3-5-7-14/h3-7,13,18H,8-12H2,1-2H3. The Morgan fingerprint density at radius 3 is 2.90 bits per heavy atom. The normalized spacial score (nSPS) is 15.7. The van der Waals surface area contributed by atoms with Crippen molar-refractivity contribution in [3.63, 3.8) is 0 Å². The van der Waals surface area contributed by atoms with Crippen molar-refractivity contribution < 1.29 is 4.74 Å². The van der Waals surface area contributed by atoms with Crippen molar-refractivity contribution in [1.29, 1.82) is 0 Å². The van der Waals surface area contributed by atoms with Crippen molar-refractivity contribution >= 4 is 0 Å². The first kappa shape index (κ1) is 14.3. The predicted octanol–water partition coefficient (Wildman–Crippen LogP) is 2.79. The molecule has 1 unspecified atom stereocenters. The topological polar surface area (TPSA) is 39.1 Å². The Morgan fingerprint density at radius 2 is 2.14 bits per heavy atom. The molecule has 0 aliphatic carbocycles. The van der Waals surface area contributed by atoms with Crippen molar-refractivity contribution in [2.45, 2.75) is 32.4 Å².